The van der Waals surface area contributed by atoms with Crippen molar-refractivity contribution in [2.45, 2.75) is 19.4 Å². The van der Waals surface area contributed by atoms with Crippen molar-refractivity contribution in [1.82, 2.24) is 15.0 Å². The number of carbonyl (C=O) groups excluding carboxylic acids is 1. The molecule has 0 bridgehead atoms. The molecule has 0 saturated carbocycles. The number of benzene rings is 2. The fourth-order valence-corrected chi connectivity index (χ4v) is 3.72. The number of amides is 1. The van der Waals surface area contributed by atoms with Gasteiger partial charge in [0.2, 0.25) is 12.3 Å². The number of rotatable bonds is 6. The molecule has 0 spiro atoms. The molecule has 0 radical (unpaired) electrons. The number of anilines is 1. The number of para-hydroxylation sites is 1. The third-order valence-corrected chi connectivity index (χ3v) is 5.23. The predicted molar refractivity (Wildman–Crippen MR) is 109 cm³/mol. The highest BCUT2D eigenvalue weighted by atomic mass is 16.5. The van der Waals surface area contributed by atoms with E-state index < -0.39 is 0 Å². The lowest BCUT2D eigenvalue weighted by atomic mass is 9.96. The average Bonchev–Trinajstić information content (AvgIpc) is 3.27. The molecule has 1 aliphatic heterocycles. The standard InChI is InChI=1S/C22H24N4O3/c1-28-18-10-8-16(9-11-18)19-6-2-3-7-20(19)24-22(27)17-5-4-12-26(13-17)14-21-23-15-29-25-21/h2-3,6-11,15,17H,4-5,12-14H2,1H3,(H,24,27)/t17-/m1/s1. The molecule has 29 heavy (non-hydrogen) atoms. The molecule has 1 N–H and O–H groups in total. The van der Waals surface area contributed by atoms with Crippen LogP contribution in [0.3, 0.4) is 0 Å². The Bertz CT molecular complexity index is 941. The summed E-state index contributed by atoms with van der Waals surface area (Å²) in [7, 11) is 1.65. The van der Waals surface area contributed by atoms with Gasteiger partial charge in [-0.25, -0.2) is 0 Å². The van der Waals surface area contributed by atoms with Crippen LogP contribution in [0.5, 0.6) is 5.75 Å². The van der Waals surface area contributed by atoms with E-state index in [1.54, 1.807) is 7.11 Å². The minimum Gasteiger partial charge on any atom is -0.497 e. The van der Waals surface area contributed by atoms with E-state index in [0.717, 1.165) is 42.0 Å². The first kappa shape index (κ1) is 19.1. The molecule has 7 nitrogen and oxygen atoms in total. The van der Waals surface area contributed by atoms with Crippen LogP contribution < -0.4 is 10.1 Å². The molecule has 3 aromatic rings. The number of hydrogen-bond donors (Lipinski definition) is 1. The normalized spacial score (nSPS) is 17.1. The number of aromatic nitrogens is 2. The molecule has 0 aliphatic carbocycles. The van der Waals surface area contributed by atoms with Crippen molar-refractivity contribution in [2.24, 2.45) is 5.92 Å². The molecule has 0 unspecified atom stereocenters. The van der Waals surface area contributed by atoms with Crippen molar-refractivity contribution >= 4 is 11.6 Å². The number of hydrogen-bond acceptors (Lipinski definition) is 6. The van der Waals surface area contributed by atoms with Gasteiger partial charge >= 0.3 is 0 Å². The quantitative estimate of drug-likeness (QED) is 0.690. The van der Waals surface area contributed by atoms with Gasteiger partial charge < -0.3 is 14.6 Å². The van der Waals surface area contributed by atoms with E-state index >= 15 is 0 Å². The van der Waals surface area contributed by atoms with Gasteiger partial charge in [-0.3, -0.25) is 9.69 Å². The van der Waals surface area contributed by atoms with Crippen LogP contribution in [0.15, 0.2) is 59.4 Å². The zero-order chi connectivity index (χ0) is 20.1. The van der Waals surface area contributed by atoms with Crippen LogP contribution in [0, 0.1) is 5.92 Å². The number of piperidine rings is 1. The summed E-state index contributed by atoms with van der Waals surface area (Å²) in [5, 5.41) is 7.01. The molecule has 7 heteroatoms. The maximum atomic E-state index is 13.0. The minimum absolute atomic E-state index is 0.0452. The lowest BCUT2D eigenvalue weighted by molar-refractivity contribution is -0.121. The van der Waals surface area contributed by atoms with Crippen molar-refractivity contribution in [3.05, 3.63) is 60.7 Å². The molecule has 1 aliphatic rings. The fraction of sp³-hybridized carbons (Fsp3) is 0.318. The Morgan fingerprint density at radius 2 is 2.07 bits per heavy atom. The van der Waals surface area contributed by atoms with Gasteiger partial charge in [0.25, 0.3) is 0 Å². The zero-order valence-corrected chi connectivity index (χ0v) is 16.4. The van der Waals surface area contributed by atoms with Crippen LogP contribution in [0.25, 0.3) is 11.1 Å². The summed E-state index contributed by atoms with van der Waals surface area (Å²) in [5.41, 5.74) is 2.84. The molecule has 1 aromatic heterocycles. The second kappa shape index (κ2) is 8.87. The molecule has 1 saturated heterocycles. The van der Waals surface area contributed by atoms with Gasteiger partial charge in [-0.1, -0.05) is 35.5 Å². The summed E-state index contributed by atoms with van der Waals surface area (Å²) >= 11 is 0. The molecule has 1 atom stereocenters. The van der Waals surface area contributed by atoms with Crippen LogP contribution in [0.4, 0.5) is 5.69 Å². The number of ether oxygens (including phenoxy) is 1. The van der Waals surface area contributed by atoms with Gasteiger partial charge in [-0.05, 0) is 43.1 Å². The summed E-state index contributed by atoms with van der Waals surface area (Å²) < 4.78 is 10.0. The SMILES string of the molecule is COc1ccc(-c2ccccc2NC(=O)[C@@H]2CCCN(Cc3ncon3)C2)cc1. The Morgan fingerprint density at radius 3 is 2.83 bits per heavy atom. The van der Waals surface area contributed by atoms with Gasteiger partial charge in [0.1, 0.15) is 5.75 Å². The fourth-order valence-electron chi connectivity index (χ4n) is 3.72. The van der Waals surface area contributed by atoms with Gasteiger partial charge in [0.15, 0.2) is 5.82 Å². The summed E-state index contributed by atoms with van der Waals surface area (Å²) in [5.74, 6) is 1.43. The van der Waals surface area contributed by atoms with Crippen molar-refractivity contribution in [3.8, 4) is 16.9 Å². The first-order chi connectivity index (χ1) is 14.2. The molecular formula is C22H24N4O3. The van der Waals surface area contributed by atoms with E-state index in [1.807, 2.05) is 48.5 Å². The third-order valence-electron chi connectivity index (χ3n) is 5.23. The highest BCUT2D eigenvalue weighted by Crippen LogP contribution is 2.30. The Kier molecular flexibility index (Phi) is 5.86. The number of nitrogens with zero attached hydrogens (tertiary/aromatic N) is 3. The summed E-state index contributed by atoms with van der Waals surface area (Å²) in [6.45, 7) is 2.22. The summed E-state index contributed by atoms with van der Waals surface area (Å²) in [4.78, 5) is 19.3. The smallest absolute Gasteiger partial charge is 0.228 e. The van der Waals surface area contributed by atoms with E-state index in [9.17, 15) is 4.79 Å². The maximum Gasteiger partial charge on any atom is 0.228 e. The number of likely N-dealkylation sites (tertiary alicyclic amines) is 1. The second-order valence-electron chi connectivity index (χ2n) is 7.19. The van der Waals surface area contributed by atoms with E-state index in [4.69, 9.17) is 9.26 Å². The maximum absolute atomic E-state index is 13.0. The Morgan fingerprint density at radius 1 is 1.24 bits per heavy atom. The largest absolute Gasteiger partial charge is 0.497 e. The highest BCUT2D eigenvalue weighted by molar-refractivity contribution is 5.97. The lowest BCUT2D eigenvalue weighted by Crippen LogP contribution is -2.40. The van der Waals surface area contributed by atoms with E-state index in [0.29, 0.717) is 18.9 Å². The average molecular weight is 392 g/mol. The van der Waals surface area contributed by atoms with E-state index in [1.165, 1.54) is 6.39 Å². The monoisotopic (exact) mass is 392 g/mol. The Hall–Kier alpha value is -3.19. The lowest BCUT2D eigenvalue weighted by Gasteiger charge is -2.31. The molecular weight excluding hydrogens is 368 g/mol. The van der Waals surface area contributed by atoms with Gasteiger partial charge in [-0.15, -0.1) is 0 Å². The van der Waals surface area contributed by atoms with Crippen molar-refractivity contribution < 1.29 is 14.1 Å². The second-order valence-corrected chi connectivity index (χ2v) is 7.19. The van der Waals surface area contributed by atoms with Gasteiger partial charge in [0, 0.05) is 17.8 Å². The van der Waals surface area contributed by atoms with Crippen LogP contribution >= 0.6 is 0 Å². The van der Waals surface area contributed by atoms with E-state index in [-0.39, 0.29) is 11.8 Å². The van der Waals surface area contributed by atoms with Gasteiger partial charge in [-0.2, -0.15) is 4.98 Å². The first-order valence-electron chi connectivity index (χ1n) is 9.75. The van der Waals surface area contributed by atoms with Crippen LogP contribution in [-0.2, 0) is 11.3 Å². The molecule has 2 heterocycles. The third kappa shape index (κ3) is 4.63. The zero-order valence-electron chi connectivity index (χ0n) is 16.4. The topological polar surface area (TPSA) is 80.5 Å². The first-order valence-corrected chi connectivity index (χ1v) is 9.75. The van der Waals surface area contributed by atoms with Crippen LogP contribution in [-0.4, -0.2) is 41.1 Å². The predicted octanol–water partition coefficient (Wildman–Crippen LogP) is 3.60. The summed E-state index contributed by atoms with van der Waals surface area (Å²) in [6, 6.07) is 15.7. The molecule has 4 rings (SSSR count). The Balaban J connectivity index is 1.45. The van der Waals surface area contributed by atoms with Gasteiger partial charge in [0.05, 0.1) is 19.6 Å². The van der Waals surface area contributed by atoms with Crippen molar-refractivity contribution in [2.75, 3.05) is 25.5 Å². The van der Waals surface area contributed by atoms with Crippen molar-refractivity contribution in [1.29, 1.82) is 0 Å². The summed E-state index contributed by atoms with van der Waals surface area (Å²) in [6.07, 6.45) is 3.18. The molecule has 2 aromatic carbocycles. The van der Waals surface area contributed by atoms with Crippen LogP contribution in [0.2, 0.25) is 0 Å². The number of carbonyl (C=O) groups is 1. The molecule has 1 amide bonds. The Labute approximate surface area is 169 Å². The minimum atomic E-state index is -0.0698. The number of nitrogens with one attached hydrogen (secondary N) is 1. The molecule has 1 fully saturated rings. The van der Waals surface area contributed by atoms with E-state index in [2.05, 4.69) is 20.4 Å². The van der Waals surface area contributed by atoms with Crippen LogP contribution in [0.1, 0.15) is 18.7 Å². The van der Waals surface area contributed by atoms with Crippen molar-refractivity contribution in [3.63, 3.8) is 0 Å². The molecule has 150 valence electrons. The number of methoxy groups -OCH3 is 1. The highest BCUT2D eigenvalue weighted by Gasteiger charge is 2.27.